The van der Waals surface area contributed by atoms with Crippen LogP contribution in [0.3, 0.4) is 0 Å². The first kappa shape index (κ1) is 21.3. The number of nitrogens with one attached hydrogen (secondary N) is 1. The van der Waals surface area contributed by atoms with E-state index < -0.39 is 11.9 Å². The minimum atomic E-state index is -0.522. The zero-order valence-electron chi connectivity index (χ0n) is 16.2. The molecule has 3 aromatic carbocycles. The molecule has 0 unspecified atom stereocenters. The second kappa shape index (κ2) is 9.41. The van der Waals surface area contributed by atoms with Crippen LogP contribution in [0.2, 0.25) is 0 Å². The normalized spacial score (nSPS) is 10.9. The molecule has 0 aromatic heterocycles. The van der Waals surface area contributed by atoms with E-state index >= 15 is 0 Å². The lowest BCUT2D eigenvalue weighted by Crippen LogP contribution is -2.13. The SMILES string of the molecule is COc1cc(/C=C(\C#N)C(=O)Nc2ccc3ccccc3c2)cc(I)c1OC(C)=O. The number of fused-ring (bicyclic) bond motifs is 1. The van der Waals surface area contributed by atoms with Crippen molar-refractivity contribution in [3.63, 3.8) is 0 Å². The van der Waals surface area contributed by atoms with Gasteiger partial charge in [0.25, 0.3) is 5.91 Å². The highest BCUT2D eigenvalue weighted by atomic mass is 127. The number of nitriles is 1. The van der Waals surface area contributed by atoms with E-state index in [1.54, 1.807) is 18.2 Å². The molecule has 0 bridgehead atoms. The molecule has 3 aromatic rings. The Balaban J connectivity index is 1.88. The van der Waals surface area contributed by atoms with Gasteiger partial charge in [0.15, 0.2) is 11.5 Å². The van der Waals surface area contributed by atoms with Gasteiger partial charge in [-0.25, -0.2) is 0 Å². The van der Waals surface area contributed by atoms with Gasteiger partial charge in [-0.1, -0.05) is 30.3 Å². The zero-order valence-corrected chi connectivity index (χ0v) is 18.4. The number of hydrogen-bond acceptors (Lipinski definition) is 5. The minimum Gasteiger partial charge on any atom is -0.493 e. The fourth-order valence-corrected chi connectivity index (χ4v) is 3.58. The van der Waals surface area contributed by atoms with Crippen LogP contribution in [0, 0.1) is 14.9 Å². The number of esters is 1. The molecule has 0 heterocycles. The maximum Gasteiger partial charge on any atom is 0.308 e. The first-order valence-electron chi connectivity index (χ1n) is 8.89. The monoisotopic (exact) mass is 512 g/mol. The van der Waals surface area contributed by atoms with Gasteiger partial charge in [0.1, 0.15) is 11.6 Å². The molecule has 6 nitrogen and oxygen atoms in total. The van der Waals surface area contributed by atoms with Gasteiger partial charge in [0, 0.05) is 12.6 Å². The first-order valence-corrected chi connectivity index (χ1v) is 9.97. The summed E-state index contributed by atoms with van der Waals surface area (Å²) in [5.74, 6) is -0.370. The van der Waals surface area contributed by atoms with Gasteiger partial charge in [0.2, 0.25) is 0 Å². The highest BCUT2D eigenvalue weighted by Crippen LogP contribution is 2.34. The molecule has 0 saturated heterocycles. The number of ether oxygens (including phenoxy) is 2. The number of carbonyl (C=O) groups is 2. The van der Waals surface area contributed by atoms with Crippen LogP contribution in [-0.4, -0.2) is 19.0 Å². The van der Waals surface area contributed by atoms with Crippen molar-refractivity contribution in [2.24, 2.45) is 0 Å². The molecule has 0 aliphatic carbocycles. The van der Waals surface area contributed by atoms with Crippen LogP contribution < -0.4 is 14.8 Å². The lowest BCUT2D eigenvalue weighted by atomic mass is 10.1. The second-order valence-corrected chi connectivity index (χ2v) is 7.48. The standard InChI is InChI=1S/C23H17IN2O4/c1-14(27)30-22-20(24)10-15(11-21(22)29-2)9-18(13-25)23(28)26-19-8-7-16-5-3-4-6-17(16)12-19/h3-12H,1-2H3,(H,26,28)/b18-9+. The number of hydrogen-bond donors (Lipinski definition) is 1. The highest BCUT2D eigenvalue weighted by Gasteiger charge is 2.15. The van der Waals surface area contributed by atoms with E-state index in [0.717, 1.165) is 10.8 Å². The molecular weight excluding hydrogens is 495 g/mol. The average Bonchev–Trinajstić information content (AvgIpc) is 2.73. The van der Waals surface area contributed by atoms with Gasteiger partial charge in [0.05, 0.1) is 10.7 Å². The molecule has 1 amide bonds. The topological polar surface area (TPSA) is 88.4 Å². The number of nitrogens with zero attached hydrogens (tertiary/aromatic N) is 1. The summed E-state index contributed by atoms with van der Waals surface area (Å²) in [7, 11) is 1.45. The molecular formula is C23H17IN2O4. The van der Waals surface area contributed by atoms with Gasteiger partial charge in [-0.05, 0) is 69.3 Å². The largest absolute Gasteiger partial charge is 0.493 e. The number of halogens is 1. The first-order chi connectivity index (χ1) is 14.4. The second-order valence-electron chi connectivity index (χ2n) is 6.31. The van der Waals surface area contributed by atoms with Crippen LogP contribution in [0.15, 0.2) is 60.2 Å². The third-order valence-electron chi connectivity index (χ3n) is 4.18. The molecule has 3 rings (SSSR count). The summed E-state index contributed by atoms with van der Waals surface area (Å²) in [5, 5.41) is 14.3. The Kier molecular flexibility index (Phi) is 6.69. The average molecular weight is 512 g/mol. The third kappa shape index (κ3) is 4.96. The Morgan fingerprint density at radius 1 is 1.10 bits per heavy atom. The van der Waals surface area contributed by atoms with Gasteiger partial charge in [-0.2, -0.15) is 5.26 Å². The Bertz CT molecular complexity index is 1210. The summed E-state index contributed by atoms with van der Waals surface area (Å²) in [6.07, 6.45) is 1.46. The Morgan fingerprint density at radius 3 is 2.50 bits per heavy atom. The van der Waals surface area contributed by atoms with Crippen molar-refractivity contribution >= 4 is 57.0 Å². The quantitative estimate of drug-likeness (QED) is 0.172. The lowest BCUT2D eigenvalue weighted by molar-refractivity contribution is -0.132. The summed E-state index contributed by atoms with van der Waals surface area (Å²) in [4.78, 5) is 23.9. The molecule has 0 atom stereocenters. The van der Waals surface area contributed by atoms with Crippen molar-refractivity contribution in [1.29, 1.82) is 5.26 Å². The molecule has 30 heavy (non-hydrogen) atoms. The summed E-state index contributed by atoms with van der Waals surface area (Å²) in [6.45, 7) is 1.30. The van der Waals surface area contributed by atoms with Crippen LogP contribution in [0.5, 0.6) is 11.5 Å². The van der Waals surface area contributed by atoms with Gasteiger partial charge < -0.3 is 14.8 Å². The Morgan fingerprint density at radius 2 is 1.83 bits per heavy atom. The van der Waals surface area contributed by atoms with Crippen LogP contribution in [-0.2, 0) is 9.59 Å². The molecule has 0 fully saturated rings. The predicted octanol–water partition coefficient (Wildman–Crippen LogP) is 4.92. The van der Waals surface area contributed by atoms with Crippen molar-refractivity contribution in [2.45, 2.75) is 6.92 Å². The smallest absolute Gasteiger partial charge is 0.308 e. The molecule has 150 valence electrons. The van der Waals surface area contributed by atoms with Crippen LogP contribution in [0.4, 0.5) is 5.69 Å². The van der Waals surface area contributed by atoms with Gasteiger partial charge in [-0.3, -0.25) is 9.59 Å². The van der Waals surface area contributed by atoms with Crippen molar-refractivity contribution < 1.29 is 19.1 Å². The summed E-state index contributed by atoms with van der Waals surface area (Å²) < 4.78 is 11.1. The van der Waals surface area contributed by atoms with E-state index in [4.69, 9.17) is 9.47 Å². The van der Waals surface area contributed by atoms with Crippen LogP contribution >= 0.6 is 22.6 Å². The fourth-order valence-electron chi connectivity index (χ4n) is 2.85. The zero-order chi connectivity index (χ0) is 21.7. The van der Waals surface area contributed by atoms with Crippen molar-refractivity contribution in [3.8, 4) is 17.6 Å². The summed E-state index contributed by atoms with van der Waals surface area (Å²) in [6, 6.07) is 18.6. The number of anilines is 1. The Labute approximate surface area is 187 Å². The molecule has 1 N–H and O–H groups in total. The number of amides is 1. The fraction of sp³-hybridized carbons (Fsp3) is 0.0870. The molecule has 0 saturated carbocycles. The number of carbonyl (C=O) groups excluding carboxylic acids is 2. The summed E-state index contributed by atoms with van der Waals surface area (Å²) >= 11 is 2.00. The minimum absolute atomic E-state index is 0.0683. The molecule has 0 radical (unpaired) electrons. The summed E-state index contributed by atoms with van der Waals surface area (Å²) in [5.41, 5.74) is 1.09. The van der Waals surface area contributed by atoms with E-state index in [-0.39, 0.29) is 5.57 Å². The molecule has 0 aliphatic heterocycles. The number of methoxy groups -OCH3 is 1. The number of benzene rings is 3. The van der Waals surface area contributed by atoms with E-state index in [9.17, 15) is 14.9 Å². The van der Waals surface area contributed by atoms with Crippen molar-refractivity contribution in [3.05, 3.63) is 69.3 Å². The van der Waals surface area contributed by atoms with Gasteiger partial charge >= 0.3 is 5.97 Å². The van der Waals surface area contributed by atoms with E-state index in [1.807, 2.05) is 65.1 Å². The van der Waals surface area contributed by atoms with E-state index in [2.05, 4.69) is 5.32 Å². The predicted molar refractivity (Wildman–Crippen MR) is 123 cm³/mol. The van der Waals surface area contributed by atoms with Gasteiger partial charge in [-0.15, -0.1) is 0 Å². The van der Waals surface area contributed by atoms with E-state index in [1.165, 1.54) is 20.1 Å². The van der Waals surface area contributed by atoms with Crippen molar-refractivity contribution in [2.75, 3.05) is 12.4 Å². The molecule has 0 aliphatic rings. The molecule has 7 heteroatoms. The maximum atomic E-state index is 12.6. The molecule has 0 spiro atoms. The van der Waals surface area contributed by atoms with Crippen molar-refractivity contribution in [1.82, 2.24) is 0 Å². The lowest BCUT2D eigenvalue weighted by Gasteiger charge is -2.11. The highest BCUT2D eigenvalue weighted by molar-refractivity contribution is 14.1. The van der Waals surface area contributed by atoms with Crippen LogP contribution in [0.25, 0.3) is 16.8 Å². The maximum absolute atomic E-state index is 12.6. The number of rotatable bonds is 5. The van der Waals surface area contributed by atoms with Crippen LogP contribution in [0.1, 0.15) is 12.5 Å². The third-order valence-corrected chi connectivity index (χ3v) is 4.98. The Hall–Kier alpha value is -3.38. The van der Waals surface area contributed by atoms with E-state index in [0.29, 0.717) is 26.3 Å².